The first kappa shape index (κ1) is 18.5. The lowest BCUT2D eigenvalue weighted by Gasteiger charge is -2.31. The van der Waals surface area contributed by atoms with E-state index in [4.69, 9.17) is 9.84 Å². The van der Waals surface area contributed by atoms with E-state index < -0.39 is 12.6 Å². The van der Waals surface area contributed by atoms with Crippen molar-refractivity contribution in [2.45, 2.75) is 38.1 Å². The Bertz CT molecular complexity index is 700. The molecule has 2 rings (SSSR count). The van der Waals surface area contributed by atoms with E-state index in [1.165, 1.54) is 12.5 Å². The molecule has 0 radical (unpaired) electrons. The summed E-state index contributed by atoms with van der Waals surface area (Å²) >= 11 is 0. The van der Waals surface area contributed by atoms with E-state index in [9.17, 15) is 14.9 Å². The monoisotopic (exact) mass is 342 g/mol. The Morgan fingerprint density at radius 3 is 2.64 bits per heavy atom. The second-order valence-electron chi connectivity index (χ2n) is 6.10. The standard InChI is InChI=1S/C19H22N2O4/c1-21(16-8-3-2-4-9-16)19(24)15(12-20)11-14-7-5-6-10-17(14)25-13-18(22)23/h5-7,10-11,16H,2-4,8-9,13H2,1H3,(H,22,23)/b15-11-. The molecule has 1 N–H and O–H groups in total. The Morgan fingerprint density at radius 2 is 2.00 bits per heavy atom. The Balaban J connectivity index is 2.20. The number of rotatable bonds is 6. The van der Waals surface area contributed by atoms with Gasteiger partial charge in [-0.05, 0) is 25.0 Å². The Hall–Kier alpha value is -2.81. The second-order valence-corrected chi connectivity index (χ2v) is 6.10. The smallest absolute Gasteiger partial charge is 0.341 e. The molecule has 1 aromatic carbocycles. The molecular weight excluding hydrogens is 320 g/mol. The second kappa shape index (κ2) is 8.88. The van der Waals surface area contributed by atoms with Gasteiger partial charge >= 0.3 is 5.97 Å². The number of hydrogen-bond acceptors (Lipinski definition) is 4. The number of nitrogens with zero attached hydrogens (tertiary/aromatic N) is 2. The summed E-state index contributed by atoms with van der Waals surface area (Å²) in [5.74, 6) is -1.08. The van der Waals surface area contributed by atoms with Gasteiger partial charge in [-0.1, -0.05) is 37.5 Å². The highest BCUT2D eigenvalue weighted by atomic mass is 16.5. The molecule has 6 heteroatoms. The van der Waals surface area contributed by atoms with Gasteiger partial charge in [0.1, 0.15) is 17.4 Å². The third-order valence-electron chi connectivity index (χ3n) is 4.36. The van der Waals surface area contributed by atoms with Crippen LogP contribution in [0.1, 0.15) is 37.7 Å². The van der Waals surface area contributed by atoms with Crippen LogP contribution in [0.3, 0.4) is 0 Å². The van der Waals surface area contributed by atoms with Gasteiger partial charge in [-0.2, -0.15) is 5.26 Å². The van der Waals surface area contributed by atoms with Crippen LogP contribution < -0.4 is 4.74 Å². The lowest BCUT2D eigenvalue weighted by Crippen LogP contribution is -2.38. The zero-order chi connectivity index (χ0) is 18.2. The maximum Gasteiger partial charge on any atom is 0.341 e. The van der Waals surface area contributed by atoms with Gasteiger partial charge in [-0.25, -0.2) is 4.79 Å². The van der Waals surface area contributed by atoms with E-state index in [1.807, 2.05) is 6.07 Å². The third kappa shape index (κ3) is 5.08. The van der Waals surface area contributed by atoms with Crippen molar-refractivity contribution >= 4 is 18.0 Å². The summed E-state index contributed by atoms with van der Waals surface area (Å²) in [5, 5.41) is 18.2. The first-order chi connectivity index (χ1) is 12.0. The van der Waals surface area contributed by atoms with E-state index >= 15 is 0 Å². The molecule has 0 saturated heterocycles. The summed E-state index contributed by atoms with van der Waals surface area (Å²) in [4.78, 5) is 25.0. The van der Waals surface area contributed by atoms with Gasteiger partial charge < -0.3 is 14.7 Å². The molecule has 1 aliphatic rings. The molecule has 0 unspecified atom stereocenters. The highest BCUT2D eigenvalue weighted by Crippen LogP contribution is 2.25. The van der Waals surface area contributed by atoms with E-state index in [-0.39, 0.29) is 17.5 Å². The molecule has 0 heterocycles. The van der Waals surface area contributed by atoms with Crippen molar-refractivity contribution in [3.05, 3.63) is 35.4 Å². The Kier molecular flexibility index (Phi) is 6.58. The summed E-state index contributed by atoms with van der Waals surface area (Å²) in [6.07, 6.45) is 6.75. The quantitative estimate of drug-likeness (QED) is 0.634. The average Bonchev–Trinajstić information content (AvgIpc) is 2.64. The summed E-state index contributed by atoms with van der Waals surface area (Å²) in [6, 6.07) is 8.86. The maximum atomic E-state index is 12.7. The van der Waals surface area contributed by atoms with Gasteiger partial charge in [0.05, 0.1) is 0 Å². The average molecular weight is 342 g/mol. The number of carbonyl (C=O) groups is 2. The molecule has 1 fully saturated rings. The molecule has 1 aromatic rings. The van der Waals surface area contributed by atoms with Crippen molar-refractivity contribution in [1.82, 2.24) is 4.90 Å². The zero-order valence-electron chi connectivity index (χ0n) is 14.3. The Morgan fingerprint density at radius 1 is 1.32 bits per heavy atom. The molecule has 132 valence electrons. The number of carboxylic acid groups (broad SMARTS) is 1. The number of para-hydroxylation sites is 1. The summed E-state index contributed by atoms with van der Waals surface area (Å²) in [6.45, 7) is -0.483. The van der Waals surface area contributed by atoms with Gasteiger partial charge in [-0.3, -0.25) is 4.79 Å². The number of nitriles is 1. The van der Waals surface area contributed by atoms with Crippen LogP contribution in [-0.2, 0) is 9.59 Å². The van der Waals surface area contributed by atoms with Crippen molar-refractivity contribution < 1.29 is 19.4 Å². The van der Waals surface area contributed by atoms with Crippen LogP contribution >= 0.6 is 0 Å². The lowest BCUT2D eigenvalue weighted by molar-refractivity contribution is -0.139. The summed E-state index contributed by atoms with van der Waals surface area (Å²) in [5.41, 5.74) is 0.519. The van der Waals surface area contributed by atoms with Crippen LogP contribution in [0.2, 0.25) is 0 Å². The number of aliphatic carboxylic acids is 1. The normalized spacial score (nSPS) is 15.3. The minimum absolute atomic E-state index is 0.0134. The van der Waals surface area contributed by atoms with Gasteiger partial charge in [-0.15, -0.1) is 0 Å². The number of likely N-dealkylation sites (N-methyl/N-ethyl adjacent to an activating group) is 1. The minimum atomic E-state index is -1.09. The van der Waals surface area contributed by atoms with Gasteiger partial charge in [0.2, 0.25) is 0 Å². The highest BCUT2D eigenvalue weighted by molar-refractivity contribution is 6.02. The van der Waals surface area contributed by atoms with E-state index in [2.05, 4.69) is 0 Å². The van der Waals surface area contributed by atoms with Crippen molar-refractivity contribution in [3.63, 3.8) is 0 Å². The van der Waals surface area contributed by atoms with Crippen molar-refractivity contribution in [2.24, 2.45) is 0 Å². The minimum Gasteiger partial charge on any atom is -0.481 e. The predicted octanol–water partition coefficient (Wildman–Crippen LogP) is 2.85. The molecule has 0 bridgehead atoms. The van der Waals surface area contributed by atoms with Gasteiger partial charge in [0.15, 0.2) is 6.61 Å². The molecule has 1 saturated carbocycles. The van der Waals surface area contributed by atoms with Gasteiger partial charge in [0, 0.05) is 18.7 Å². The number of benzene rings is 1. The van der Waals surface area contributed by atoms with Crippen LogP contribution in [0.15, 0.2) is 29.8 Å². The van der Waals surface area contributed by atoms with Crippen LogP contribution in [0.4, 0.5) is 0 Å². The number of hydrogen-bond donors (Lipinski definition) is 1. The number of carbonyl (C=O) groups excluding carboxylic acids is 1. The van der Waals surface area contributed by atoms with Crippen LogP contribution in [-0.4, -0.2) is 41.6 Å². The molecule has 25 heavy (non-hydrogen) atoms. The van der Waals surface area contributed by atoms with Crippen LogP contribution in [0.25, 0.3) is 6.08 Å². The molecular formula is C19H22N2O4. The lowest BCUT2D eigenvalue weighted by atomic mass is 9.94. The first-order valence-corrected chi connectivity index (χ1v) is 8.35. The SMILES string of the molecule is CN(C(=O)/C(C#N)=C\c1ccccc1OCC(=O)O)C1CCCCC1. The molecule has 0 atom stereocenters. The van der Waals surface area contributed by atoms with E-state index in [1.54, 1.807) is 36.2 Å². The number of carboxylic acids is 1. The third-order valence-corrected chi connectivity index (χ3v) is 4.36. The fourth-order valence-electron chi connectivity index (χ4n) is 2.99. The maximum absolute atomic E-state index is 12.7. The van der Waals surface area contributed by atoms with Gasteiger partial charge in [0.25, 0.3) is 5.91 Å². The molecule has 0 spiro atoms. The number of ether oxygens (including phenoxy) is 1. The molecule has 1 aliphatic carbocycles. The van der Waals surface area contributed by atoms with Crippen molar-refractivity contribution in [3.8, 4) is 11.8 Å². The van der Waals surface area contributed by atoms with Crippen LogP contribution in [0.5, 0.6) is 5.75 Å². The van der Waals surface area contributed by atoms with E-state index in [0.29, 0.717) is 11.3 Å². The topological polar surface area (TPSA) is 90.6 Å². The molecule has 6 nitrogen and oxygen atoms in total. The number of amides is 1. The van der Waals surface area contributed by atoms with Crippen molar-refractivity contribution in [1.29, 1.82) is 5.26 Å². The largest absolute Gasteiger partial charge is 0.481 e. The molecule has 1 amide bonds. The first-order valence-electron chi connectivity index (χ1n) is 8.35. The zero-order valence-corrected chi connectivity index (χ0v) is 14.3. The predicted molar refractivity (Wildman–Crippen MR) is 92.8 cm³/mol. The van der Waals surface area contributed by atoms with E-state index in [0.717, 1.165) is 25.7 Å². The van der Waals surface area contributed by atoms with Crippen LogP contribution in [0, 0.1) is 11.3 Å². The molecule has 0 aromatic heterocycles. The highest BCUT2D eigenvalue weighted by Gasteiger charge is 2.24. The molecule has 0 aliphatic heterocycles. The Labute approximate surface area is 147 Å². The van der Waals surface area contributed by atoms with Crippen molar-refractivity contribution in [2.75, 3.05) is 13.7 Å². The fraction of sp³-hybridized carbons (Fsp3) is 0.421. The summed E-state index contributed by atoms with van der Waals surface area (Å²) in [7, 11) is 1.73. The fourth-order valence-corrected chi connectivity index (χ4v) is 2.99. The summed E-state index contributed by atoms with van der Waals surface area (Å²) < 4.78 is 5.22.